The van der Waals surface area contributed by atoms with Crippen LogP contribution < -0.4 is 10.0 Å². The van der Waals surface area contributed by atoms with Crippen molar-refractivity contribution in [3.8, 4) is 0 Å². The van der Waals surface area contributed by atoms with E-state index in [-0.39, 0.29) is 10.8 Å². The van der Waals surface area contributed by atoms with Crippen molar-refractivity contribution < 1.29 is 13.2 Å². The zero-order chi connectivity index (χ0) is 18.6. The first-order chi connectivity index (χ1) is 12.5. The van der Waals surface area contributed by atoms with Crippen LogP contribution in [0.2, 0.25) is 0 Å². The summed E-state index contributed by atoms with van der Waals surface area (Å²) in [5, 5.41) is 2.75. The Kier molecular flexibility index (Phi) is 5.67. The molecule has 2 aromatic rings. The van der Waals surface area contributed by atoms with Crippen LogP contribution in [0.5, 0.6) is 0 Å². The van der Waals surface area contributed by atoms with Gasteiger partial charge in [-0.15, -0.1) is 11.3 Å². The maximum Gasteiger partial charge on any atom is 0.267 e. The van der Waals surface area contributed by atoms with Gasteiger partial charge in [0.2, 0.25) is 0 Å². The maximum atomic E-state index is 12.5. The number of carbonyl (C=O) groups is 1. The zero-order valence-corrected chi connectivity index (χ0v) is 16.0. The Balaban J connectivity index is 1.69. The third-order valence-corrected chi connectivity index (χ3v) is 6.33. The molecule has 0 saturated heterocycles. The van der Waals surface area contributed by atoms with Crippen molar-refractivity contribution in [2.45, 2.75) is 37.5 Å². The molecular formula is C17H20N4O3S2. The van der Waals surface area contributed by atoms with Crippen LogP contribution in [-0.2, 0) is 10.0 Å². The van der Waals surface area contributed by atoms with Gasteiger partial charge < -0.3 is 5.32 Å². The molecule has 1 amide bonds. The first-order valence-corrected chi connectivity index (χ1v) is 10.7. The number of aryl methyl sites for hydroxylation is 1. The third-order valence-electron chi connectivity index (χ3n) is 4.00. The van der Waals surface area contributed by atoms with Crippen LogP contribution in [0.1, 0.15) is 41.0 Å². The minimum Gasteiger partial charge on any atom is -0.321 e. The SMILES string of the molecule is Cc1ncsc1C(=O)Nc1ccc(S(=O)(=O)NC2=NCCCCC2)cc1. The Morgan fingerprint density at radius 1 is 1.15 bits per heavy atom. The van der Waals surface area contributed by atoms with Crippen molar-refractivity contribution >= 4 is 38.8 Å². The largest absolute Gasteiger partial charge is 0.321 e. The molecule has 0 unspecified atom stereocenters. The molecule has 1 aromatic heterocycles. The average molecular weight is 393 g/mol. The molecule has 1 aromatic carbocycles. The monoisotopic (exact) mass is 392 g/mol. The number of aromatic nitrogens is 1. The van der Waals surface area contributed by atoms with Crippen LogP contribution in [-0.4, -0.2) is 31.7 Å². The Bertz CT molecular complexity index is 918. The van der Waals surface area contributed by atoms with Gasteiger partial charge in [-0.3, -0.25) is 14.5 Å². The lowest BCUT2D eigenvalue weighted by molar-refractivity contribution is 0.103. The molecule has 0 bridgehead atoms. The van der Waals surface area contributed by atoms with E-state index in [4.69, 9.17) is 0 Å². The van der Waals surface area contributed by atoms with Gasteiger partial charge in [-0.25, -0.2) is 13.4 Å². The lowest BCUT2D eigenvalue weighted by Crippen LogP contribution is -2.30. The van der Waals surface area contributed by atoms with E-state index in [1.807, 2.05) is 0 Å². The number of anilines is 1. The minimum atomic E-state index is -3.67. The van der Waals surface area contributed by atoms with E-state index in [2.05, 4.69) is 20.0 Å². The number of hydrogen-bond acceptors (Lipinski definition) is 6. The second-order valence-electron chi connectivity index (χ2n) is 5.99. The minimum absolute atomic E-state index is 0.136. The molecule has 1 aliphatic rings. The lowest BCUT2D eigenvalue weighted by atomic mass is 10.2. The number of amidine groups is 1. The number of benzene rings is 1. The highest BCUT2D eigenvalue weighted by Gasteiger charge is 2.18. The first-order valence-electron chi connectivity index (χ1n) is 8.33. The normalized spacial score (nSPS) is 15.0. The smallest absolute Gasteiger partial charge is 0.267 e. The van der Waals surface area contributed by atoms with Gasteiger partial charge in [-0.2, -0.15) is 0 Å². The number of amides is 1. The number of hydrogen-bond donors (Lipinski definition) is 2. The molecule has 0 radical (unpaired) electrons. The van der Waals surface area contributed by atoms with Gasteiger partial charge in [-0.05, 0) is 44.0 Å². The van der Waals surface area contributed by atoms with Gasteiger partial charge in [0.05, 0.1) is 16.1 Å². The zero-order valence-electron chi connectivity index (χ0n) is 14.4. The summed E-state index contributed by atoms with van der Waals surface area (Å²) in [6.45, 7) is 2.42. The molecule has 26 heavy (non-hydrogen) atoms. The van der Waals surface area contributed by atoms with Crippen LogP contribution in [0.15, 0.2) is 39.7 Å². The van der Waals surface area contributed by atoms with E-state index < -0.39 is 10.0 Å². The number of thiazole rings is 1. The molecule has 0 saturated carbocycles. The Hall–Kier alpha value is -2.26. The number of aliphatic imine (C=N–C) groups is 1. The average Bonchev–Trinajstić information content (AvgIpc) is 2.88. The Morgan fingerprint density at radius 2 is 1.92 bits per heavy atom. The fourth-order valence-corrected chi connectivity index (χ4v) is 4.38. The molecule has 2 N–H and O–H groups in total. The summed E-state index contributed by atoms with van der Waals surface area (Å²) in [5.41, 5.74) is 2.80. The van der Waals surface area contributed by atoms with E-state index in [1.165, 1.54) is 23.5 Å². The van der Waals surface area contributed by atoms with Crippen LogP contribution >= 0.6 is 11.3 Å². The van der Waals surface area contributed by atoms with Crippen LogP contribution in [0.3, 0.4) is 0 Å². The van der Waals surface area contributed by atoms with E-state index in [9.17, 15) is 13.2 Å². The van der Waals surface area contributed by atoms with Gasteiger partial charge in [0.1, 0.15) is 10.7 Å². The fraction of sp³-hybridized carbons (Fsp3) is 0.353. The van der Waals surface area contributed by atoms with E-state index in [0.717, 1.165) is 19.3 Å². The predicted octanol–water partition coefficient (Wildman–Crippen LogP) is 2.95. The van der Waals surface area contributed by atoms with Crippen molar-refractivity contribution in [1.29, 1.82) is 0 Å². The highest BCUT2D eigenvalue weighted by atomic mass is 32.2. The maximum absolute atomic E-state index is 12.5. The summed E-state index contributed by atoms with van der Waals surface area (Å²) in [6, 6.07) is 6.07. The second-order valence-corrected chi connectivity index (χ2v) is 8.53. The molecule has 9 heteroatoms. The van der Waals surface area contributed by atoms with Crippen molar-refractivity contribution in [1.82, 2.24) is 9.71 Å². The van der Waals surface area contributed by atoms with E-state index in [0.29, 0.717) is 35.1 Å². The molecule has 138 valence electrons. The number of sulfonamides is 1. The van der Waals surface area contributed by atoms with Crippen LogP contribution in [0.4, 0.5) is 5.69 Å². The van der Waals surface area contributed by atoms with Crippen molar-refractivity contribution in [2.75, 3.05) is 11.9 Å². The Morgan fingerprint density at radius 3 is 2.62 bits per heavy atom. The van der Waals surface area contributed by atoms with Gasteiger partial charge >= 0.3 is 0 Å². The summed E-state index contributed by atoms with van der Waals surface area (Å²) in [5.74, 6) is 0.257. The molecule has 3 rings (SSSR count). The molecule has 0 spiro atoms. The number of nitrogens with zero attached hydrogens (tertiary/aromatic N) is 2. The van der Waals surface area contributed by atoms with Gasteiger partial charge in [0.15, 0.2) is 0 Å². The van der Waals surface area contributed by atoms with Crippen LogP contribution in [0, 0.1) is 6.92 Å². The van der Waals surface area contributed by atoms with Crippen LogP contribution in [0.25, 0.3) is 0 Å². The number of carbonyl (C=O) groups excluding carboxylic acids is 1. The topological polar surface area (TPSA) is 101 Å². The molecule has 1 aliphatic heterocycles. The van der Waals surface area contributed by atoms with Gasteiger partial charge in [0.25, 0.3) is 15.9 Å². The standard InChI is InChI=1S/C17H20N4O3S2/c1-12-16(25-11-19-12)17(22)20-13-6-8-14(9-7-13)26(23,24)21-15-5-3-2-4-10-18-15/h6-9,11H,2-5,10H2,1H3,(H,18,21)(H,20,22). The van der Waals surface area contributed by atoms with Gasteiger partial charge in [0, 0.05) is 18.7 Å². The highest BCUT2D eigenvalue weighted by molar-refractivity contribution is 7.90. The second kappa shape index (κ2) is 7.96. The van der Waals surface area contributed by atoms with Gasteiger partial charge in [-0.1, -0.05) is 6.42 Å². The third kappa shape index (κ3) is 4.47. The summed E-state index contributed by atoms with van der Waals surface area (Å²) in [7, 11) is -3.67. The fourth-order valence-electron chi connectivity index (χ4n) is 2.60. The number of nitrogens with one attached hydrogen (secondary N) is 2. The number of rotatable bonds is 4. The molecule has 0 fully saturated rings. The molecule has 0 atom stereocenters. The molecule has 0 aliphatic carbocycles. The molecule has 7 nitrogen and oxygen atoms in total. The summed E-state index contributed by atoms with van der Waals surface area (Å²) >= 11 is 1.26. The van der Waals surface area contributed by atoms with E-state index >= 15 is 0 Å². The van der Waals surface area contributed by atoms with Crippen molar-refractivity contribution in [3.63, 3.8) is 0 Å². The van der Waals surface area contributed by atoms with E-state index in [1.54, 1.807) is 24.6 Å². The quantitative estimate of drug-likeness (QED) is 0.835. The summed E-state index contributed by atoms with van der Waals surface area (Å²) in [6.07, 6.45) is 3.62. The summed E-state index contributed by atoms with van der Waals surface area (Å²) in [4.78, 5) is 21.2. The molecule has 2 heterocycles. The Labute approximate surface area is 156 Å². The summed E-state index contributed by atoms with van der Waals surface area (Å²) < 4.78 is 27.6. The predicted molar refractivity (Wildman–Crippen MR) is 102 cm³/mol. The lowest BCUT2D eigenvalue weighted by Gasteiger charge is -2.10. The van der Waals surface area contributed by atoms with Crippen molar-refractivity contribution in [3.05, 3.63) is 40.3 Å². The van der Waals surface area contributed by atoms with Crippen molar-refractivity contribution in [2.24, 2.45) is 4.99 Å². The molecular weight excluding hydrogens is 372 g/mol. The first kappa shape index (κ1) is 18.5. The highest BCUT2D eigenvalue weighted by Crippen LogP contribution is 2.18.